The Hall–Kier alpha value is -1.77. The molecule has 1 aromatic carbocycles. The summed E-state index contributed by atoms with van der Waals surface area (Å²) in [5.74, 6) is 0.0715. The Bertz CT molecular complexity index is 284. The maximum atomic E-state index is 5.13. The predicted octanol–water partition coefficient (Wildman–Crippen LogP) is 0.931. The summed E-state index contributed by atoms with van der Waals surface area (Å²) >= 11 is 0. The third-order valence-corrected chi connectivity index (χ3v) is 1.29. The minimum atomic E-state index is 0.0715. The molecule has 3 nitrogen and oxygen atoms in total. The molecule has 3 heteroatoms. The number of aliphatic imine (C=N–C) groups is 1. The number of hydrogen-bond donors (Lipinski definition) is 2. The van der Waals surface area contributed by atoms with Crippen molar-refractivity contribution in [2.24, 2.45) is 16.5 Å². The normalized spacial score (nSPS) is 10.0. The second kappa shape index (κ2) is 4.18. The Morgan fingerprint density at radius 2 is 1.83 bits per heavy atom. The van der Waals surface area contributed by atoms with Gasteiger partial charge in [-0.2, -0.15) is 0 Å². The zero-order valence-corrected chi connectivity index (χ0v) is 6.64. The molecule has 12 heavy (non-hydrogen) atoms. The summed E-state index contributed by atoms with van der Waals surface area (Å²) in [5, 5.41) is 0. The first-order valence-electron chi connectivity index (χ1n) is 3.59. The highest BCUT2D eigenvalue weighted by molar-refractivity contribution is 5.76. The Labute approximate surface area is 71.4 Å². The van der Waals surface area contributed by atoms with E-state index in [1.807, 2.05) is 36.4 Å². The van der Waals surface area contributed by atoms with E-state index < -0.39 is 0 Å². The summed E-state index contributed by atoms with van der Waals surface area (Å²) in [5.41, 5.74) is 11.3. The minimum Gasteiger partial charge on any atom is -0.370 e. The van der Waals surface area contributed by atoms with Crippen LogP contribution in [-0.4, -0.2) is 5.96 Å². The largest absolute Gasteiger partial charge is 0.370 e. The smallest absolute Gasteiger partial charge is 0.190 e. The van der Waals surface area contributed by atoms with Crippen LogP contribution in [0.25, 0.3) is 6.08 Å². The second-order valence-electron chi connectivity index (χ2n) is 2.28. The molecule has 0 radical (unpaired) electrons. The van der Waals surface area contributed by atoms with Crippen LogP contribution >= 0.6 is 0 Å². The molecule has 0 aliphatic rings. The zero-order valence-electron chi connectivity index (χ0n) is 6.64. The Balaban J connectivity index is 2.64. The number of hydrogen-bond acceptors (Lipinski definition) is 1. The summed E-state index contributed by atoms with van der Waals surface area (Å²) in [6, 6.07) is 9.81. The second-order valence-corrected chi connectivity index (χ2v) is 2.28. The molecule has 62 valence electrons. The van der Waals surface area contributed by atoms with Gasteiger partial charge in [0, 0.05) is 6.20 Å². The van der Waals surface area contributed by atoms with E-state index in [4.69, 9.17) is 11.5 Å². The highest BCUT2D eigenvalue weighted by Crippen LogP contribution is 2.00. The molecule has 1 aromatic rings. The number of nitrogens with two attached hydrogens (primary N) is 2. The number of guanidine groups is 1. The standard InChI is InChI=1S/C9H11N3/c10-9(11)12-7-6-8-4-2-1-3-5-8/h1-7H,(H4,10,11,12)/b7-6+. The fraction of sp³-hybridized carbons (Fsp3) is 0. The zero-order chi connectivity index (χ0) is 8.81. The van der Waals surface area contributed by atoms with Gasteiger partial charge in [-0.1, -0.05) is 30.3 Å². The van der Waals surface area contributed by atoms with Crippen LogP contribution in [0.3, 0.4) is 0 Å². The van der Waals surface area contributed by atoms with Crippen molar-refractivity contribution >= 4 is 12.0 Å². The topological polar surface area (TPSA) is 64.4 Å². The van der Waals surface area contributed by atoms with E-state index in [1.54, 1.807) is 6.20 Å². The van der Waals surface area contributed by atoms with Crippen LogP contribution in [0, 0.1) is 0 Å². The van der Waals surface area contributed by atoms with Gasteiger partial charge in [0.1, 0.15) is 0 Å². The van der Waals surface area contributed by atoms with Crippen LogP contribution in [0.2, 0.25) is 0 Å². The number of benzene rings is 1. The fourth-order valence-electron chi connectivity index (χ4n) is 0.774. The van der Waals surface area contributed by atoms with Gasteiger partial charge in [-0.25, -0.2) is 4.99 Å². The van der Waals surface area contributed by atoms with Crippen LogP contribution in [0.5, 0.6) is 0 Å². The molecule has 0 saturated heterocycles. The van der Waals surface area contributed by atoms with Gasteiger partial charge >= 0.3 is 0 Å². The molecule has 0 saturated carbocycles. The third kappa shape index (κ3) is 2.88. The summed E-state index contributed by atoms with van der Waals surface area (Å²) in [7, 11) is 0. The Morgan fingerprint density at radius 3 is 2.42 bits per heavy atom. The average molecular weight is 161 g/mol. The molecule has 0 aliphatic carbocycles. The highest BCUT2D eigenvalue weighted by Gasteiger charge is 1.80. The van der Waals surface area contributed by atoms with Crippen LogP contribution in [0.4, 0.5) is 0 Å². The minimum absolute atomic E-state index is 0.0715. The molecule has 0 bridgehead atoms. The highest BCUT2D eigenvalue weighted by atomic mass is 15.0. The molecule has 0 aliphatic heterocycles. The maximum Gasteiger partial charge on any atom is 0.190 e. The SMILES string of the molecule is NC(N)=N/C=C/c1ccccc1. The van der Waals surface area contributed by atoms with E-state index in [2.05, 4.69) is 4.99 Å². The third-order valence-electron chi connectivity index (χ3n) is 1.29. The van der Waals surface area contributed by atoms with Crippen molar-refractivity contribution < 1.29 is 0 Å². The van der Waals surface area contributed by atoms with Crippen molar-refractivity contribution in [3.8, 4) is 0 Å². The van der Waals surface area contributed by atoms with E-state index in [-0.39, 0.29) is 5.96 Å². The van der Waals surface area contributed by atoms with Crippen molar-refractivity contribution in [3.63, 3.8) is 0 Å². The molecule has 0 fully saturated rings. The lowest BCUT2D eigenvalue weighted by molar-refractivity contribution is 1.44. The summed E-state index contributed by atoms with van der Waals surface area (Å²) in [6.45, 7) is 0. The van der Waals surface area contributed by atoms with Gasteiger partial charge in [-0.15, -0.1) is 0 Å². The van der Waals surface area contributed by atoms with Gasteiger partial charge in [0.25, 0.3) is 0 Å². The molecular formula is C9H11N3. The monoisotopic (exact) mass is 161 g/mol. The van der Waals surface area contributed by atoms with Crippen LogP contribution in [-0.2, 0) is 0 Å². The molecule has 0 aromatic heterocycles. The first-order valence-corrected chi connectivity index (χ1v) is 3.59. The van der Waals surface area contributed by atoms with Gasteiger partial charge in [-0.3, -0.25) is 0 Å². The molecule has 0 unspecified atom stereocenters. The maximum absolute atomic E-state index is 5.13. The molecule has 0 atom stereocenters. The average Bonchev–Trinajstić information content (AvgIpc) is 2.05. The van der Waals surface area contributed by atoms with Crippen molar-refractivity contribution in [1.82, 2.24) is 0 Å². The quantitative estimate of drug-likeness (QED) is 0.500. The van der Waals surface area contributed by atoms with Gasteiger partial charge < -0.3 is 11.5 Å². The Kier molecular flexibility index (Phi) is 2.90. The van der Waals surface area contributed by atoms with E-state index >= 15 is 0 Å². The lowest BCUT2D eigenvalue weighted by Gasteiger charge is -1.88. The lowest BCUT2D eigenvalue weighted by atomic mass is 10.2. The van der Waals surface area contributed by atoms with Crippen LogP contribution in [0.15, 0.2) is 41.5 Å². The first kappa shape index (κ1) is 8.33. The summed E-state index contributed by atoms with van der Waals surface area (Å²) in [4.78, 5) is 3.71. The van der Waals surface area contributed by atoms with Crippen LogP contribution < -0.4 is 11.5 Å². The lowest BCUT2D eigenvalue weighted by Crippen LogP contribution is -2.21. The van der Waals surface area contributed by atoms with E-state index in [0.717, 1.165) is 5.56 Å². The van der Waals surface area contributed by atoms with E-state index in [1.165, 1.54) is 0 Å². The van der Waals surface area contributed by atoms with E-state index in [9.17, 15) is 0 Å². The van der Waals surface area contributed by atoms with Gasteiger partial charge in [0.2, 0.25) is 0 Å². The van der Waals surface area contributed by atoms with Gasteiger partial charge in [0.15, 0.2) is 5.96 Å². The number of rotatable bonds is 2. The molecule has 1 rings (SSSR count). The predicted molar refractivity (Wildman–Crippen MR) is 51.3 cm³/mol. The van der Waals surface area contributed by atoms with Crippen LogP contribution in [0.1, 0.15) is 5.56 Å². The number of nitrogens with zero attached hydrogens (tertiary/aromatic N) is 1. The summed E-state index contributed by atoms with van der Waals surface area (Å²) < 4.78 is 0. The first-order chi connectivity index (χ1) is 5.79. The Morgan fingerprint density at radius 1 is 1.17 bits per heavy atom. The fourth-order valence-corrected chi connectivity index (χ4v) is 0.774. The molecule has 4 N–H and O–H groups in total. The van der Waals surface area contributed by atoms with Gasteiger partial charge in [0.05, 0.1) is 0 Å². The molecular weight excluding hydrogens is 150 g/mol. The molecule has 0 heterocycles. The summed E-state index contributed by atoms with van der Waals surface area (Å²) in [6.07, 6.45) is 3.41. The van der Waals surface area contributed by atoms with Crippen molar-refractivity contribution in [2.45, 2.75) is 0 Å². The molecule has 0 amide bonds. The van der Waals surface area contributed by atoms with Crippen molar-refractivity contribution in [1.29, 1.82) is 0 Å². The van der Waals surface area contributed by atoms with Crippen molar-refractivity contribution in [3.05, 3.63) is 42.1 Å². The van der Waals surface area contributed by atoms with Crippen molar-refractivity contribution in [2.75, 3.05) is 0 Å². The molecule has 0 spiro atoms. The van der Waals surface area contributed by atoms with Gasteiger partial charge in [-0.05, 0) is 11.6 Å². The van der Waals surface area contributed by atoms with E-state index in [0.29, 0.717) is 0 Å².